The smallest absolute Gasteiger partial charge is 0.421 e. The molecule has 30 heavy (non-hydrogen) atoms. The standard InChI is InChI=1S/C22H28F3N3O2/c1-3-4-14-29-21-26-15-19(22(23,24)25)20(27-21)28(2)16-10-12-18(13-11-16)30-17-8-6-5-7-9-17/h10-13,15,17H,3-9,14H2,1-2H3. The van der Waals surface area contributed by atoms with Crippen LogP contribution in [0.15, 0.2) is 30.5 Å². The van der Waals surface area contributed by atoms with Crippen LogP contribution >= 0.6 is 0 Å². The first-order valence-corrected chi connectivity index (χ1v) is 10.5. The lowest BCUT2D eigenvalue weighted by Gasteiger charge is -2.24. The number of halogens is 3. The lowest BCUT2D eigenvalue weighted by Crippen LogP contribution is -2.20. The van der Waals surface area contributed by atoms with Gasteiger partial charge in [-0.05, 0) is 56.4 Å². The van der Waals surface area contributed by atoms with Gasteiger partial charge in [-0.2, -0.15) is 18.2 Å². The SMILES string of the molecule is CCCCOc1ncc(C(F)(F)F)c(N(C)c2ccc(OC3CCCCC3)cc2)n1. The number of rotatable bonds is 8. The summed E-state index contributed by atoms with van der Waals surface area (Å²) in [6, 6.07) is 6.98. The maximum Gasteiger partial charge on any atom is 0.421 e. The minimum atomic E-state index is -4.57. The molecule has 0 N–H and O–H groups in total. The summed E-state index contributed by atoms with van der Waals surface area (Å²) in [4.78, 5) is 9.17. The molecule has 1 aromatic heterocycles. The number of unbranched alkanes of at least 4 members (excludes halogenated alkanes) is 1. The zero-order valence-electron chi connectivity index (χ0n) is 17.4. The lowest BCUT2D eigenvalue weighted by atomic mass is 9.98. The molecule has 0 saturated heterocycles. The number of ether oxygens (including phenoxy) is 2. The van der Waals surface area contributed by atoms with Gasteiger partial charge >= 0.3 is 12.2 Å². The zero-order chi connectivity index (χ0) is 21.6. The molecule has 3 rings (SSSR count). The third-order valence-corrected chi connectivity index (χ3v) is 5.18. The molecule has 1 aromatic carbocycles. The van der Waals surface area contributed by atoms with Gasteiger partial charge < -0.3 is 14.4 Å². The summed E-state index contributed by atoms with van der Waals surface area (Å²) in [5.74, 6) is 0.478. The second-order valence-electron chi connectivity index (χ2n) is 7.52. The normalized spacial score (nSPS) is 15.1. The molecular formula is C22H28F3N3O2. The van der Waals surface area contributed by atoms with Crippen LogP contribution in [-0.2, 0) is 6.18 Å². The molecule has 1 aliphatic carbocycles. The van der Waals surface area contributed by atoms with E-state index in [1.54, 1.807) is 31.3 Å². The van der Waals surface area contributed by atoms with Crippen LogP contribution in [0.5, 0.6) is 11.8 Å². The maximum absolute atomic E-state index is 13.5. The van der Waals surface area contributed by atoms with Crippen LogP contribution in [0, 0.1) is 0 Å². The van der Waals surface area contributed by atoms with Gasteiger partial charge in [0, 0.05) is 18.9 Å². The molecule has 0 unspecified atom stereocenters. The van der Waals surface area contributed by atoms with Crippen molar-refractivity contribution in [3.05, 3.63) is 36.0 Å². The average Bonchev–Trinajstić information content (AvgIpc) is 2.74. The third kappa shape index (κ3) is 5.77. The predicted octanol–water partition coefficient (Wildman–Crippen LogP) is 6.15. The molecule has 8 heteroatoms. The quantitative estimate of drug-likeness (QED) is 0.476. The Hall–Kier alpha value is -2.51. The third-order valence-electron chi connectivity index (χ3n) is 5.18. The van der Waals surface area contributed by atoms with Gasteiger partial charge in [-0.1, -0.05) is 19.8 Å². The second kappa shape index (κ2) is 10.00. The van der Waals surface area contributed by atoms with Crippen molar-refractivity contribution in [1.82, 2.24) is 9.97 Å². The number of hydrogen-bond acceptors (Lipinski definition) is 5. The summed E-state index contributed by atoms with van der Waals surface area (Å²) in [5, 5.41) is 0. The fraction of sp³-hybridized carbons (Fsp3) is 0.545. The van der Waals surface area contributed by atoms with Crippen molar-refractivity contribution >= 4 is 11.5 Å². The number of aromatic nitrogens is 2. The number of alkyl halides is 3. The van der Waals surface area contributed by atoms with Crippen LogP contribution in [0.2, 0.25) is 0 Å². The fourth-order valence-corrected chi connectivity index (χ4v) is 3.44. The monoisotopic (exact) mass is 423 g/mol. The number of nitrogens with zero attached hydrogens (tertiary/aromatic N) is 3. The van der Waals surface area contributed by atoms with Gasteiger partial charge in [-0.15, -0.1) is 0 Å². The molecule has 1 aliphatic rings. The average molecular weight is 423 g/mol. The van der Waals surface area contributed by atoms with Crippen molar-refractivity contribution in [2.75, 3.05) is 18.6 Å². The first-order valence-electron chi connectivity index (χ1n) is 10.5. The molecule has 1 fully saturated rings. The van der Waals surface area contributed by atoms with E-state index >= 15 is 0 Å². The number of benzene rings is 1. The highest BCUT2D eigenvalue weighted by atomic mass is 19.4. The molecule has 1 saturated carbocycles. The molecule has 0 radical (unpaired) electrons. The van der Waals surface area contributed by atoms with E-state index in [1.807, 2.05) is 6.92 Å². The highest BCUT2D eigenvalue weighted by molar-refractivity contribution is 5.63. The Morgan fingerprint density at radius 3 is 2.43 bits per heavy atom. The molecule has 5 nitrogen and oxygen atoms in total. The van der Waals surface area contributed by atoms with E-state index in [1.165, 1.54) is 24.2 Å². The summed E-state index contributed by atoms with van der Waals surface area (Å²) < 4.78 is 52.0. The zero-order valence-corrected chi connectivity index (χ0v) is 17.4. The number of anilines is 2. The summed E-state index contributed by atoms with van der Waals surface area (Å²) in [6.45, 7) is 2.36. The summed E-state index contributed by atoms with van der Waals surface area (Å²) in [6.07, 6.45) is 3.76. The highest BCUT2D eigenvalue weighted by Crippen LogP contribution is 2.38. The van der Waals surface area contributed by atoms with Crippen LogP contribution in [0.4, 0.5) is 24.7 Å². The van der Waals surface area contributed by atoms with Gasteiger partial charge in [0.25, 0.3) is 0 Å². The Morgan fingerprint density at radius 1 is 1.10 bits per heavy atom. The van der Waals surface area contributed by atoms with Crippen molar-refractivity contribution in [3.8, 4) is 11.8 Å². The topological polar surface area (TPSA) is 47.5 Å². The molecule has 0 amide bonds. The van der Waals surface area contributed by atoms with Gasteiger partial charge in [-0.3, -0.25) is 0 Å². The first-order chi connectivity index (χ1) is 14.4. The molecule has 0 aliphatic heterocycles. The number of hydrogen-bond donors (Lipinski definition) is 0. The summed E-state index contributed by atoms with van der Waals surface area (Å²) >= 11 is 0. The minimum absolute atomic E-state index is 0.0597. The summed E-state index contributed by atoms with van der Waals surface area (Å²) in [7, 11) is 1.55. The van der Waals surface area contributed by atoms with Crippen LogP contribution in [0.3, 0.4) is 0 Å². The Balaban J connectivity index is 1.79. The summed E-state index contributed by atoms with van der Waals surface area (Å²) in [5.41, 5.74) is -0.343. The maximum atomic E-state index is 13.5. The molecule has 0 bridgehead atoms. The molecule has 0 atom stereocenters. The van der Waals surface area contributed by atoms with E-state index in [-0.39, 0.29) is 17.9 Å². The largest absolute Gasteiger partial charge is 0.490 e. The van der Waals surface area contributed by atoms with Crippen molar-refractivity contribution in [1.29, 1.82) is 0 Å². The van der Waals surface area contributed by atoms with Crippen LogP contribution in [-0.4, -0.2) is 29.7 Å². The van der Waals surface area contributed by atoms with Crippen LogP contribution in [0.1, 0.15) is 57.4 Å². The van der Waals surface area contributed by atoms with E-state index < -0.39 is 11.7 Å². The van der Waals surface area contributed by atoms with Gasteiger partial charge in [0.2, 0.25) is 0 Å². The predicted molar refractivity (Wildman–Crippen MR) is 109 cm³/mol. The Kier molecular flexibility index (Phi) is 7.39. The van der Waals surface area contributed by atoms with Crippen LogP contribution < -0.4 is 14.4 Å². The van der Waals surface area contributed by atoms with Crippen molar-refractivity contribution in [2.24, 2.45) is 0 Å². The van der Waals surface area contributed by atoms with Crippen molar-refractivity contribution in [3.63, 3.8) is 0 Å². The molecule has 1 heterocycles. The van der Waals surface area contributed by atoms with Gasteiger partial charge in [0.05, 0.1) is 12.7 Å². The van der Waals surface area contributed by atoms with E-state index in [9.17, 15) is 13.2 Å². The van der Waals surface area contributed by atoms with E-state index in [4.69, 9.17) is 9.47 Å². The minimum Gasteiger partial charge on any atom is -0.490 e. The van der Waals surface area contributed by atoms with Gasteiger partial charge in [-0.25, -0.2) is 4.98 Å². The van der Waals surface area contributed by atoms with Crippen molar-refractivity contribution in [2.45, 2.75) is 64.1 Å². The Bertz CT molecular complexity index is 806. The van der Waals surface area contributed by atoms with Crippen molar-refractivity contribution < 1.29 is 22.6 Å². The molecule has 2 aromatic rings. The van der Waals surface area contributed by atoms with Gasteiger partial charge in [0.1, 0.15) is 11.3 Å². The molecule has 164 valence electrons. The van der Waals surface area contributed by atoms with E-state index in [2.05, 4.69) is 9.97 Å². The Morgan fingerprint density at radius 2 is 1.80 bits per heavy atom. The Labute approximate surface area is 175 Å². The molecular weight excluding hydrogens is 395 g/mol. The first kappa shape index (κ1) is 22.2. The second-order valence-corrected chi connectivity index (χ2v) is 7.52. The fourth-order valence-electron chi connectivity index (χ4n) is 3.44. The van der Waals surface area contributed by atoms with Gasteiger partial charge in [0.15, 0.2) is 5.82 Å². The van der Waals surface area contributed by atoms with E-state index in [0.29, 0.717) is 12.3 Å². The molecule has 0 spiro atoms. The highest BCUT2D eigenvalue weighted by Gasteiger charge is 2.36. The van der Waals surface area contributed by atoms with E-state index in [0.717, 1.165) is 37.6 Å². The van der Waals surface area contributed by atoms with Crippen LogP contribution in [0.25, 0.3) is 0 Å². The lowest BCUT2D eigenvalue weighted by molar-refractivity contribution is -0.137.